The number of nitrogens with two attached hydrogens (primary N) is 2. The lowest BCUT2D eigenvalue weighted by Crippen LogP contribution is -2.61. The Bertz CT molecular complexity index is 2570. The van der Waals surface area contributed by atoms with Crippen LogP contribution in [0.3, 0.4) is 0 Å². The standard InChI is InChI=1S/C54H83N13O15S/c1-26(2)20-35(61-48(76)37(63-50(78)42(55)27(3)4)22-31-13-17-33(69)18-14-31)47(75)62-36(21-30-11-15-32(68)16-12-30)45(73)59-24-40(70)66-43(28(5)6)51(79)65-39(25-83)49(77)67-44(29(7)8)52(80)60-34(10-9-19-58-54(56)57)46(74)64-38(53(81)82)23-41(71)72/h11-18,26-29,34-39,42-44,68-69,83H,9-10,19-25,55H2,1-8H3,(H,59,73)(H,60,80)(H,61,76)(H,62,75)(H,63,78)(H,64,74)(H,65,79)(H,66,70)(H,67,77)(H,71,72)(H,81,82)(H4,56,57,58)/t34-,35-,36-,37-,38-,39-,42-,43-,44-/m0/s1. The highest BCUT2D eigenvalue weighted by Gasteiger charge is 2.36. The lowest BCUT2D eigenvalue weighted by Gasteiger charge is -2.28. The van der Waals surface area contributed by atoms with E-state index >= 15 is 0 Å². The predicted molar refractivity (Wildman–Crippen MR) is 307 cm³/mol. The molecule has 2 rings (SSSR count). The molecule has 2 aromatic rings. The van der Waals surface area contributed by atoms with Crippen LogP contribution in [0.1, 0.15) is 92.2 Å². The Morgan fingerprint density at radius 1 is 0.518 bits per heavy atom. The summed E-state index contributed by atoms with van der Waals surface area (Å²) in [5.41, 5.74) is 12.5. The van der Waals surface area contributed by atoms with Crippen LogP contribution in [-0.2, 0) is 65.6 Å². The maximum atomic E-state index is 14.2. The first-order valence-corrected chi connectivity index (χ1v) is 27.6. The second kappa shape index (κ2) is 34.9. The third-order valence-corrected chi connectivity index (χ3v) is 13.1. The highest BCUT2D eigenvalue weighted by molar-refractivity contribution is 7.80. The molecule has 28 nitrogen and oxygen atoms in total. The van der Waals surface area contributed by atoms with Crippen LogP contribution in [0, 0.1) is 29.1 Å². The number of hydrogen-bond donors (Lipinski definition) is 18. The van der Waals surface area contributed by atoms with Crippen molar-refractivity contribution in [3.05, 3.63) is 59.7 Å². The molecular formula is C54H83N13O15S. The van der Waals surface area contributed by atoms with E-state index in [0.717, 1.165) is 0 Å². The maximum Gasteiger partial charge on any atom is 0.326 e. The van der Waals surface area contributed by atoms with Crippen molar-refractivity contribution in [2.24, 2.45) is 35.1 Å². The first-order valence-electron chi connectivity index (χ1n) is 27.0. The quantitative estimate of drug-likeness (QED) is 0.0153. The first kappa shape index (κ1) is 70.9. The fraction of sp³-hybridized carbons (Fsp3) is 0.556. The first-order chi connectivity index (χ1) is 38.8. The third kappa shape index (κ3) is 25.6. The second-order valence-corrected chi connectivity index (χ2v) is 21.7. The van der Waals surface area contributed by atoms with Gasteiger partial charge in [-0.3, -0.25) is 53.4 Å². The summed E-state index contributed by atoms with van der Waals surface area (Å²) in [6.45, 7) is 12.7. The molecule has 0 aliphatic heterocycles. The predicted octanol–water partition coefficient (Wildman–Crippen LogP) is -2.03. The molecule has 460 valence electrons. The molecule has 0 fully saturated rings. The van der Waals surface area contributed by atoms with Crippen molar-refractivity contribution in [2.45, 2.75) is 148 Å². The van der Waals surface area contributed by atoms with Gasteiger partial charge in [0.25, 0.3) is 0 Å². The van der Waals surface area contributed by atoms with Crippen LogP contribution >= 0.6 is 12.6 Å². The second-order valence-electron chi connectivity index (χ2n) is 21.3. The summed E-state index contributed by atoms with van der Waals surface area (Å²) in [5.74, 6) is -13.4. The average Bonchev–Trinajstić information content (AvgIpc) is 3.53. The number of carboxylic acids is 2. The number of phenols is 2. The Morgan fingerprint density at radius 2 is 0.940 bits per heavy atom. The van der Waals surface area contributed by atoms with Crippen molar-refractivity contribution in [3.63, 3.8) is 0 Å². The van der Waals surface area contributed by atoms with Gasteiger partial charge in [-0.15, -0.1) is 0 Å². The van der Waals surface area contributed by atoms with Crippen molar-refractivity contribution in [2.75, 3.05) is 18.8 Å². The molecule has 0 spiro atoms. The molecule has 0 aromatic heterocycles. The number of carboxylic acid groups (broad SMARTS) is 2. The molecule has 2 aromatic carbocycles. The summed E-state index contributed by atoms with van der Waals surface area (Å²) in [4.78, 5) is 147. The third-order valence-electron chi connectivity index (χ3n) is 12.7. The largest absolute Gasteiger partial charge is 0.508 e. The fourth-order valence-corrected chi connectivity index (χ4v) is 8.23. The van der Waals surface area contributed by atoms with Gasteiger partial charge in [0.05, 0.1) is 19.0 Å². The molecule has 29 heteroatoms. The van der Waals surface area contributed by atoms with Crippen LogP contribution < -0.4 is 64.6 Å². The van der Waals surface area contributed by atoms with Crippen LogP contribution in [0.4, 0.5) is 0 Å². The van der Waals surface area contributed by atoms with E-state index in [1.165, 1.54) is 36.4 Å². The smallest absolute Gasteiger partial charge is 0.326 e. The molecule has 9 amide bonds. The normalized spacial score (nSPS) is 14.4. The van der Waals surface area contributed by atoms with Crippen molar-refractivity contribution < 1.29 is 73.2 Å². The summed E-state index contributed by atoms with van der Waals surface area (Å²) in [7, 11) is 0. The van der Waals surface area contributed by atoms with Crippen LogP contribution in [0.25, 0.3) is 0 Å². The number of amides is 9. The van der Waals surface area contributed by atoms with Crippen LogP contribution in [0.15, 0.2) is 48.5 Å². The number of thiol groups is 1. The number of aromatic hydroxyl groups is 2. The highest BCUT2D eigenvalue weighted by atomic mass is 32.1. The molecule has 0 aliphatic rings. The van der Waals surface area contributed by atoms with Gasteiger partial charge < -0.3 is 85.1 Å². The minimum atomic E-state index is -1.86. The molecule has 19 N–H and O–H groups in total. The Kier molecular flexibility index (Phi) is 29.8. The van der Waals surface area contributed by atoms with E-state index in [9.17, 15) is 68.1 Å². The monoisotopic (exact) mass is 1190 g/mol. The highest BCUT2D eigenvalue weighted by Crippen LogP contribution is 2.16. The van der Waals surface area contributed by atoms with Gasteiger partial charge in [-0.25, -0.2) is 4.79 Å². The molecule has 0 saturated heterocycles. The van der Waals surface area contributed by atoms with E-state index in [0.29, 0.717) is 11.1 Å². The number of hydrogen-bond acceptors (Lipinski definition) is 16. The Hall–Kier alpha value is -8.21. The lowest BCUT2D eigenvalue weighted by molar-refractivity contribution is -0.147. The number of nitrogens with one attached hydrogen (secondary N) is 11. The van der Waals surface area contributed by atoms with Crippen molar-refractivity contribution >= 4 is 83.7 Å². The van der Waals surface area contributed by atoms with Gasteiger partial charge in [0.2, 0.25) is 53.2 Å². The van der Waals surface area contributed by atoms with Gasteiger partial charge in [-0.1, -0.05) is 79.7 Å². The SMILES string of the molecule is CC(C)C[C@H](NC(=O)[C@H](Cc1ccc(O)cc1)NC(=O)[C@@H](N)C(C)C)C(=O)N[C@@H](Cc1ccc(O)cc1)C(=O)NCC(=O)N[C@H](C(=O)N[C@@H](CS)C(=O)N[C@H](C(=O)N[C@@H](CCCNC(=N)N)C(=O)N[C@@H](CC(=O)O)C(=O)O)C(C)C)C(C)C. The summed E-state index contributed by atoms with van der Waals surface area (Å²) in [6.07, 6.45) is -1.17. The number of aliphatic carboxylic acids is 2. The average molecular weight is 1190 g/mol. The Balaban J connectivity index is 2.30. The number of benzene rings is 2. The summed E-state index contributed by atoms with van der Waals surface area (Å²) in [6, 6.07) is -0.635. The fourth-order valence-electron chi connectivity index (χ4n) is 7.97. The molecule has 0 unspecified atom stereocenters. The van der Waals surface area contributed by atoms with Crippen LogP contribution in [0.5, 0.6) is 11.5 Å². The number of rotatable bonds is 35. The molecule has 83 heavy (non-hydrogen) atoms. The van der Waals surface area contributed by atoms with Crippen LogP contribution in [-0.4, -0.2) is 165 Å². The van der Waals surface area contributed by atoms with E-state index in [4.69, 9.17) is 22.0 Å². The zero-order valence-electron chi connectivity index (χ0n) is 47.9. The topological polar surface area (TPSA) is 465 Å². The number of carbonyl (C=O) groups excluding carboxylic acids is 9. The Labute approximate surface area is 487 Å². The van der Waals surface area contributed by atoms with E-state index < -0.39 is 144 Å². The molecular weight excluding hydrogens is 1100 g/mol. The molecule has 0 heterocycles. The zero-order valence-corrected chi connectivity index (χ0v) is 48.8. The van der Waals surface area contributed by atoms with E-state index in [1.807, 2.05) is 0 Å². The minimum Gasteiger partial charge on any atom is -0.508 e. The van der Waals surface area contributed by atoms with Gasteiger partial charge >= 0.3 is 11.9 Å². The summed E-state index contributed by atoms with van der Waals surface area (Å²) >= 11 is 4.23. The number of phenolic OH excluding ortho intramolecular Hbond substituents is 2. The van der Waals surface area contributed by atoms with E-state index in [1.54, 1.807) is 67.5 Å². The van der Waals surface area contributed by atoms with Gasteiger partial charge in [0, 0.05) is 25.1 Å². The Morgan fingerprint density at radius 3 is 1.40 bits per heavy atom. The zero-order chi connectivity index (χ0) is 62.8. The van der Waals surface area contributed by atoms with Gasteiger partial charge in [0.1, 0.15) is 59.8 Å². The van der Waals surface area contributed by atoms with Crippen molar-refractivity contribution in [1.82, 2.24) is 53.2 Å². The van der Waals surface area contributed by atoms with E-state index in [-0.39, 0.29) is 73.7 Å². The number of guanidine groups is 1. The molecule has 0 bridgehead atoms. The number of carbonyl (C=O) groups is 11. The van der Waals surface area contributed by atoms with Gasteiger partial charge in [-0.05, 0) is 78.3 Å². The molecule has 9 atom stereocenters. The van der Waals surface area contributed by atoms with Crippen molar-refractivity contribution in [1.29, 1.82) is 5.41 Å². The van der Waals surface area contributed by atoms with E-state index in [2.05, 4.69) is 65.8 Å². The lowest BCUT2D eigenvalue weighted by atomic mass is 9.99. The van der Waals surface area contributed by atoms with Crippen molar-refractivity contribution in [3.8, 4) is 11.5 Å². The van der Waals surface area contributed by atoms with Gasteiger partial charge in [0.15, 0.2) is 5.96 Å². The molecule has 0 aliphatic carbocycles. The summed E-state index contributed by atoms with van der Waals surface area (Å²) in [5, 5.41) is 71.0. The minimum absolute atomic E-state index is 0.0246. The maximum absolute atomic E-state index is 14.2. The molecule has 0 saturated carbocycles. The summed E-state index contributed by atoms with van der Waals surface area (Å²) < 4.78 is 0. The molecule has 0 radical (unpaired) electrons. The van der Waals surface area contributed by atoms with Gasteiger partial charge in [-0.2, -0.15) is 12.6 Å². The van der Waals surface area contributed by atoms with Crippen LogP contribution in [0.2, 0.25) is 0 Å².